The summed E-state index contributed by atoms with van der Waals surface area (Å²) in [6.07, 6.45) is 5.16. The molecule has 3 N–H and O–H groups in total. The predicted octanol–water partition coefficient (Wildman–Crippen LogP) is 6.55. The molecule has 36 heavy (non-hydrogen) atoms. The Labute approximate surface area is 208 Å². The van der Waals surface area contributed by atoms with Crippen molar-refractivity contribution >= 4 is 45.2 Å². The van der Waals surface area contributed by atoms with Crippen molar-refractivity contribution < 1.29 is 4.79 Å². The maximum Gasteiger partial charge on any atom is 0.255 e. The number of amides is 1. The molecule has 1 amide bonds. The van der Waals surface area contributed by atoms with Gasteiger partial charge >= 0.3 is 0 Å². The molecular weight excluding hydrogens is 448 g/mol. The minimum Gasteiger partial charge on any atom is -0.355 e. The maximum absolute atomic E-state index is 13.1. The molecule has 174 valence electrons. The van der Waals surface area contributed by atoms with E-state index in [-0.39, 0.29) is 5.91 Å². The molecule has 0 aliphatic rings. The third-order valence-electron chi connectivity index (χ3n) is 5.73. The summed E-state index contributed by atoms with van der Waals surface area (Å²) in [4.78, 5) is 21.5. The van der Waals surface area contributed by atoms with Crippen LogP contribution in [0.3, 0.4) is 0 Å². The molecule has 7 heteroatoms. The Morgan fingerprint density at radius 2 is 1.64 bits per heavy atom. The highest BCUT2D eigenvalue weighted by Gasteiger charge is 2.10. The second-order valence-corrected chi connectivity index (χ2v) is 8.25. The molecule has 0 unspecified atom stereocenters. The van der Waals surface area contributed by atoms with Gasteiger partial charge in [0.25, 0.3) is 5.91 Å². The molecule has 0 aliphatic heterocycles. The highest BCUT2D eigenvalue weighted by molar-refractivity contribution is 6.05. The lowest BCUT2D eigenvalue weighted by Gasteiger charge is -2.13. The van der Waals surface area contributed by atoms with Gasteiger partial charge in [-0.25, -0.2) is 0 Å². The van der Waals surface area contributed by atoms with Gasteiger partial charge in [0.15, 0.2) is 0 Å². The second-order valence-electron chi connectivity index (χ2n) is 8.25. The fraction of sp³-hybridized carbons (Fsp3) is 0.0345. The first-order chi connectivity index (χ1) is 17.6. The molecule has 2 heterocycles. The molecule has 0 aliphatic carbocycles. The number of fused-ring (bicyclic) bond motifs is 1. The molecule has 0 atom stereocenters. The van der Waals surface area contributed by atoms with Crippen molar-refractivity contribution in [3.05, 3.63) is 114 Å². The van der Waals surface area contributed by atoms with E-state index >= 15 is 0 Å². The molecule has 0 saturated heterocycles. The molecule has 7 nitrogen and oxygen atoms in total. The fourth-order valence-corrected chi connectivity index (χ4v) is 3.85. The number of pyridine rings is 2. The van der Waals surface area contributed by atoms with Crippen LogP contribution in [-0.2, 0) is 0 Å². The summed E-state index contributed by atoms with van der Waals surface area (Å²) in [6, 6.07) is 26.2. The van der Waals surface area contributed by atoms with Gasteiger partial charge in [-0.1, -0.05) is 12.1 Å². The quantitative estimate of drug-likeness (QED) is 0.260. The number of aryl methyl sites for hydroxylation is 1. The van der Waals surface area contributed by atoms with Gasteiger partial charge in [0.2, 0.25) is 0 Å². The van der Waals surface area contributed by atoms with E-state index in [1.807, 2.05) is 61.5 Å². The minimum absolute atomic E-state index is 0.219. The Bertz CT molecular complexity index is 1610. The first-order valence-corrected chi connectivity index (χ1v) is 11.3. The zero-order chi connectivity index (χ0) is 24.9. The third kappa shape index (κ3) is 4.98. The summed E-state index contributed by atoms with van der Waals surface area (Å²) in [6.45, 7) is 2.01. The van der Waals surface area contributed by atoms with Crippen LogP contribution in [0.25, 0.3) is 10.9 Å². The van der Waals surface area contributed by atoms with Crippen LogP contribution >= 0.6 is 0 Å². The normalized spacial score (nSPS) is 10.4. The SMILES string of the molecule is Cc1ccc(NC(=O)c2cccc(Nc3ccnc4ccc(C#N)cc34)c2)cc1Nc1ccncc1. The van der Waals surface area contributed by atoms with Crippen molar-refractivity contribution in [1.82, 2.24) is 9.97 Å². The van der Waals surface area contributed by atoms with Crippen molar-refractivity contribution in [3.8, 4) is 6.07 Å². The van der Waals surface area contributed by atoms with E-state index in [1.54, 1.807) is 42.9 Å². The molecule has 0 spiro atoms. The summed E-state index contributed by atoms with van der Waals surface area (Å²) >= 11 is 0. The second kappa shape index (κ2) is 9.95. The lowest BCUT2D eigenvalue weighted by Crippen LogP contribution is -2.12. The first kappa shape index (κ1) is 22.6. The smallest absolute Gasteiger partial charge is 0.255 e. The van der Waals surface area contributed by atoms with Gasteiger partial charge in [-0.15, -0.1) is 0 Å². The van der Waals surface area contributed by atoms with Gasteiger partial charge in [0.1, 0.15) is 0 Å². The first-order valence-electron chi connectivity index (χ1n) is 11.3. The summed E-state index contributed by atoms with van der Waals surface area (Å²) < 4.78 is 0. The molecule has 3 aromatic carbocycles. The Morgan fingerprint density at radius 3 is 2.47 bits per heavy atom. The van der Waals surface area contributed by atoms with Crippen LogP contribution in [0.2, 0.25) is 0 Å². The van der Waals surface area contributed by atoms with E-state index < -0.39 is 0 Å². The molecular formula is C29H22N6O. The zero-order valence-corrected chi connectivity index (χ0v) is 19.5. The number of hydrogen-bond acceptors (Lipinski definition) is 6. The predicted molar refractivity (Wildman–Crippen MR) is 143 cm³/mol. The van der Waals surface area contributed by atoms with Crippen LogP contribution in [0.4, 0.5) is 28.4 Å². The Hall–Kier alpha value is -5.22. The van der Waals surface area contributed by atoms with E-state index in [4.69, 9.17) is 0 Å². The average Bonchev–Trinajstić information content (AvgIpc) is 2.91. The van der Waals surface area contributed by atoms with Crippen LogP contribution in [0.15, 0.2) is 97.5 Å². The number of carbonyl (C=O) groups excluding carboxylic acids is 1. The van der Waals surface area contributed by atoms with Crippen LogP contribution in [0, 0.1) is 18.3 Å². The topological polar surface area (TPSA) is 103 Å². The lowest BCUT2D eigenvalue weighted by molar-refractivity contribution is 0.102. The minimum atomic E-state index is -0.219. The molecule has 5 rings (SSSR count). The number of hydrogen-bond donors (Lipinski definition) is 3. The van der Waals surface area contributed by atoms with Gasteiger partial charge in [0, 0.05) is 58.0 Å². The van der Waals surface area contributed by atoms with Crippen LogP contribution in [0.1, 0.15) is 21.5 Å². The Balaban J connectivity index is 1.35. The number of anilines is 5. The number of nitrogens with zero attached hydrogens (tertiary/aromatic N) is 3. The monoisotopic (exact) mass is 470 g/mol. The van der Waals surface area contributed by atoms with Crippen molar-refractivity contribution in [2.75, 3.05) is 16.0 Å². The van der Waals surface area contributed by atoms with Crippen molar-refractivity contribution in [2.24, 2.45) is 0 Å². The molecule has 5 aromatic rings. The van der Waals surface area contributed by atoms with Gasteiger partial charge in [-0.05, 0) is 79.2 Å². The van der Waals surface area contributed by atoms with Gasteiger partial charge < -0.3 is 16.0 Å². The molecule has 0 saturated carbocycles. The average molecular weight is 471 g/mol. The van der Waals surface area contributed by atoms with Crippen LogP contribution in [0.5, 0.6) is 0 Å². The third-order valence-corrected chi connectivity index (χ3v) is 5.73. The van der Waals surface area contributed by atoms with E-state index in [1.165, 1.54) is 0 Å². The summed E-state index contributed by atoms with van der Waals surface area (Å²) in [7, 11) is 0. The van der Waals surface area contributed by atoms with Crippen molar-refractivity contribution in [3.63, 3.8) is 0 Å². The summed E-state index contributed by atoms with van der Waals surface area (Å²) in [5.74, 6) is -0.219. The van der Waals surface area contributed by atoms with Crippen LogP contribution in [-0.4, -0.2) is 15.9 Å². The van der Waals surface area contributed by atoms with Crippen LogP contribution < -0.4 is 16.0 Å². The molecule has 2 aromatic heterocycles. The van der Waals surface area contributed by atoms with Crippen molar-refractivity contribution in [1.29, 1.82) is 5.26 Å². The summed E-state index contributed by atoms with van der Waals surface area (Å²) in [5, 5.41) is 19.8. The van der Waals surface area contributed by atoms with Gasteiger partial charge in [-0.2, -0.15) is 5.26 Å². The Kier molecular flexibility index (Phi) is 6.24. The standard InChI is InChI=1S/C29H22N6O/c1-19-5-7-24(17-28(19)33-22-9-12-31-13-10-22)35-29(36)21-3-2-4-23(16-21)34-27-11-14-32-26-8-6-20(18-30)15-25(26)27/h2-17H,1H3,(H,31,33)(H,32,34)(H,35,36). The van der Waals surface area contributed by atoms with Gasteiger partial charge in [-0.3, -0.25) is 14.8 Å². The van der Waals surface area contributed by atoms with E-state index in [2.05, 4.69) is 32.0 Å². The Morgan fingerprint density at radius 1 is 0.806 bits per heavy atom. The van der Waals surface area contributed by atoms with Crippen molar-refractivity contribution in [2.45, 2.75) is 6.92 Å². The lowest BCUT2D eigenvalue weighted by atomic mass is 10.1. The molecule has 0 bridgehead atoms. The van der Waals surface area contributed by atoms with E-state index in [9.17, 15) is 10.1 Å². The number of rotatable bonds is 6. The highest BCUT2D eigenvalue weighted by atomic mass is 16.1. The number of nitrogens with one attached hydrogen (secondary N) is 3. The largest absolute Gasteiger partial charge is 0.355 e. The highest BCUT2D eigenvalue weighted by Crippen LogP contribution is 2.27. The molecule has 0 radical (unpaired) electrons. The van der Waals surface area contributed by atoms with E-state index in [0.717, 1.165) is 39.2 Å². The number of benzene rings is 3. The fourth-order valence-electron chi connectivity index (χ4n) is 3.85. The summed E-state index contributed by atoms with van der Waals surface area (Å²) in [5.41, 5.74) is 6.97. The number of aromatic nitrogens is 2. The molecule has 0 fully saturated rings. The zero-order valence-electron chi connectivity index (χ0n) is 19.5. The maximum atomic E-state index is 13.1. The number of nitriles is 1. The van der Waals surface area contributed by atoms with E-state index in [0.29, 0.717) is 16.8 Å². The van der Waals surface area contributed by atoms with Gasteiger partial charge in [0.05, 0.1) is 17.1 Å². The number of carbonyl (C=O) groups is 1.